The Balaban J connectivity index is 1.79. The molecule has 0 spiro atoms. The molecule has 1 amide bonds. The van der Waals surface area contributed by atoms with Crippen LogP contribution in [0.15, 0.2) is 24.3 Å². The van der Waals surface area contributed by atoms with E-state index in [1.807, 2.05) is 0 Å². The molecule has 6 heteroatoms. The second-order valence-corrected chi connectivity index (χ2v) is 4.86. The highest BCUT2D eigenvalue weighted by Gasteiger charge is 2.33. The van der Waals surface area contributed by atoms with Crippen molar-refractivity contribution in [2.45, 2.75) is 25.3 Å². The van der Waals surface area contributed by atoms with Crippen LogP contribution in [0.1, 0.15) is 19.3 Å². The van der Waals surface area contributed by atoms with Gasteiger partial charge in [0.15, 0.2) is 0 Å². The first-order valence-corrected chi connectivity index (χ1v) is 6.91. The second-order valence-electron chi connectivity index (χ2n) is 4.86. The number of ether oxygens (including phenoxy) is 2. The highest BCUT2D eigenvalue weighted by atomic mass is 16.5. The Hall–Kier alpha value is -2.24. The second kappa shape index (κ2) is 6.97. The Morgan fingerprint density at radius 2 is 1.95 bits per heavy atom. The molecule has 0 aliphatic carbocycles. The van der Waals surface area contributed by atoms with Crippen LogP contribution < -0.4 is 9.47 Å². The van der Waals surface area contributed by atoms with E-state index in [9.17, 15) is 9.59 Å². The van der Waals surface area contributed by atoms with E-state index in [1.165, 1.54) is 4.90 Å². The number of amides is 1. The molecular weight excluding hydrogens is 274 g/mol. The lowest BCUT2D eigenvalue weighted by molar-refractivity contribution is -0.148. The minimum absolute atomic E-state index is 0.173. The smallest absolute Gasteiger partial charge is 0.326 e. The van der Waals surface area contributed by atoms with E-state index in [0.29, 0.717) is 18.7 Å². The molecule has 0 radical (unpaired) electrons. The van der Waals surface area contributed by atoms with E-state index in [4.69, 9.17) is 14.6 Å². The fourth-order valence-corrected chi connectivity index (χ4v) is 2.39. The van der Waals surface area contributed by atoms with Crippen molar-refractivity contribution in [3.8, 4) is 11.5 Å². The third-order valence-electron chi connectivity index (χ3n) is 3.50. The van der Waals surface area contributed by atoms with Gasteiger partial charge in [0.2, 0.25) is 5.91 Å². The number of carbonyl (C=O) groups is 2. The summed E-state index contributed by atoms with van der Waals surface area (Å²) in [6.07, 6.45) is 1.44. The minimum Gasteiger partial charge on any atom is -0.497 e. The van der Waals surface area contributed by atoms with Gasteiger partial charge in [-0.05, 0) is 37.1 Å². The van der Waals surface area contributed by atoms with E-state index in [1.54, 1.807) is 31.4 Å². The monoisotopic (exact) mass is 293 g/mol. The molecule has 0 aromatic heterocycles. The Kier molecular flexibility index (Phi) is 5.03. The van der Waals surface area contributed by atoms with Crippen LogP contribution in [-0.2, 0) is 9.59 Å². The standard InChI is InChI=1S/C15H19NO5/c1-20-11-4-6-12(7-5-11)21-10-8-14(17)16-9-2-3-13(16)15(18)19/h4-7,13H,2-3,8-10H2,1H3,(H,18,19)/t13-/m0/s1. The largest absolute Gasteiger partial charge is 0.497 e. The molecule has 0 saturated carbocycles. The van der Waals surface area contributed by atoms with Gasteiger partial charge < -0.3 is 19.5 Å². The van der Waals surface area contributed by atoms with Crippen molar-refractivity contribution < 1.29 is 24.2 Å². The quantitative estimate of drug-likeness (QED) is 0.861. The lowest BCUT2D eigenvalue weighted by Gasteiger charge is -2.21. The molecule has 114 valence electrons. The summed E-state index contributed by atoms with van der Waals surface area (Å²) in [5.41, 5.74) is 0. The summed E-state index contributed by atoms with van der Waals surface area (Å²) < 4.78 is 10.5. The maximum atomic E-state index is 12.0. The third-order valence-corrected chi connectivity index (χ3v) is 3.50. The Bertz CT molecular complexity index is 499. The summed E-state index contributed by atoms with van der Waals surface area (Å²) >= 11 is 0. The zero-order valence-corrected chi connectivity index (χ0v) is 11.9. The lowest BCUT2D eigenvalue weighted by atomic mass is 10.2. The van der Waals surface area contributed by atoms with Gasteiger partial charge in [-0.1, -0.05) is 0 Å². The summed E-state index contributed by atoms with van der Waals surface area (Å²) in [5.74, 6) is 0.282. The first-order valence-electron chi connectivity index (χ1n) is 6.91. The van der Waals surface area contributed by atoms with Crippen molar-refractivity contribution in [1.82, 2.24) is 4.90 Å². The van der Waals surface area contributed by atoms with Crippen LogP contribution in [0.4, 0.5) is 0 Å². The molecule has 0 unspecified atom stereocenters. The predicted octanol–water partition coefficient (Wildman–Crippen LogP) is 1.54. The molecule has 1 aromatic rings. The van der Waals surface area contributed by atoms with Gasteiger partial charge >= 0.3 is 5.97 Å². The third kappa shape index (κ3) is 3.87. The van der Waals surface area contributed by atoms with E-state index in [2.05, 4.69) is 0 Å². The molecule has 21 heavy (non-hydrogen) atoms. The van der Waals surface area contributed by atoms with Crippen LogP contribution in [0.5, 0.6) is 11.5 Å². The van der Waals surface area contributed by atoms with Crippen molar-refractivity contribution in [1.29, 1.82) is 0 Å². The summed E-state index contributed by atoms with van der Waals surface area (Å²) in [7, 11) is 1.59. The van der Waals surface area contributed by atoms with E-state index in [-0.39, 0.29) is 18.9 Å². The molecule has 1 aliphatic rings. The summed E-state index contributed by atoms with van der Waals surface area (Å²) in [6, 6.07) is 6.40. The minimum atomic E-state index is -0.933. The fraction of sp³-hybridized carbons (Fsp3) is 0.467. The van der Waals surface area contributed by atoms with Gasteiger partial charge in [-0.2, -0.15) is 0 Å². The van der Waals surface area contributed by atoms with Crippen molar-refractivity contribution in [2.24, 2.45) is 0 Å². The number of likely N-dealkylation sites (tertiary alicyclic amines) is 1. The number of hydrogen-bond acceptors (Lipinski definition) is 4. The SMILES string of the molecule is COc1ccc(OCCC(=O)N2CCC[C@H]2C(=O)O)cc1. The molecular formula is C15H19NO5. The summed E-state index contributed by atoms with van der Waals surface area (Å²) in [5, 5.41) is 9.05. The van der Waals surface area contributed by atoms with E-state index in [0.717, 1.165) is 12.2 Å². The van der Waals surface area contributed by atoms with E-state index < -0.39 is 12.0 Å². The molecule has 1 aliphatic heterocycles. The van der Waals surface area contributed by atoms with Crippen LogP contribution in [0.25, 0.3) is 0 Å². The van der Waals surface area contributed by atoms with Crippen molar-refractivity contribution in [3.63, 3.8) is 0 Å². The molecule has 1 saturated heterocycles. The van der Waals surface area contributed by atoms with Crippen LogP contribution in [-0.4, -0.2) is 48.2 Å². The number of aliphatic carboxylic acids is 1. The fourth-order valence-electron chi connectivity index (χ4n) is 2.39. The maximum Gasteiger partial charge on any atom is 0.326 e. The number of nitrogens with zero attached hydrogens (tertiary/aromatic N) is 1. The van der Waals surface area contributed by atoms with Gasteiger partial charge in [0.25, 0.3) is 0 Å². The topological polar surface area (TPSA) is 76.1 Å². The number of methoxy groups -OCH3 is 1. The highest BCUT2D eigenvalue weighted by molar-refractivity contribution is 5.84. The molecule has 1 heterocycles. The first-order chi connectivity index (χ1) is 10.1. The number of carboxylic acid groups (broad SMARTS) is 1. The summed E-state index contributed by atoms with van der Waals surface area (Å²) in [6.45, 7) is 0.742. The van der Waals surface area contributed by atoms with Crippen molar-refractivity contribution in [3.05, 3.63) is 24.3 Å². The number of hydrogen-bond donors (Lipinski definition) is 1. The Labute approximate surface area is 123 Å². The molecule has 1 aromatic carbocycles. The lowest BCUT2D eigenvalue weighted by Crippen LogP contribution is -2.40. The zero-order chi connectivity index (χ0) is 15.2. The average Bonchev–Trinajstić information content (AvgIpc) is 2.97. The number of carbonyl (C=O) groups excluding carboxylic acids is 1. The molecule has 1 N–H and O–H groups in total. The van der Waals surface area contributed by atoms with Gasteiger partial charge in [-0.15, -0.1) is 0 Å². The van der Waals surface area contributed by atoms with Gasteiger partial charge in [0.1, 0.15) is 17.5 Å². The van der Waals surface area contributed by atoms with Gasteiger partial charge in [0.05, 0.1) is 20.1 Å². The number of benzene rings is 1. The number of rotatable bonds is 6. The average molecular weight is 293 g/mol. The van der Waals surface area contributed by atoms with Crippen LogP contribution in [0.3, 0.4) is 0 Å². The number of carboxylic acids is 1. The maximum absolute atomic E-state index is 12.0. The van der Waals surface area contributed by atoms with Crippen molar-refractivity contribution in [2.75, 3.05) is 20.3 Å². The normalized spacial score (nSPS) is 17.6. The predicted molar refractivity (Wildman–Crippen MR) is 75.5 cm³/mol. The molecule has 0 bridgehead atoms. The van der Waals surface area contributed by atoms with Crippen LogP contribution in [0.2, 0.25) is 0 Å². The van der Waals surface area contributed by atoms with Crippen LogP contribution in [0, 0.1) is 0 Å². The Morgan fingerprint density at radius 1 is 1.29 bits per heavy atom. The molecule has 1 atom stereocenters. The first kappa shape index (κ1) is 15.2. The summed E-state index contributed by atoms with van der Waals surface area (Å²) in [4.78, 5) is 24.5. The molecule has 6 nitrogen and oxygen atoms in total. The molecule has 2 rings (SSSR count). The van der Waals surface area contributed by atoms with Gasteiger partial charge in [-0.3, -0.25) is 4.79 Å². The van der Waals surface area contributed by atoms with Crippen molar-refractivity contribution >= 4 is 11.9 Å². The van der Waals surface area contributed by atoms with Crippen LogP contribution >= 0.6 is 0 Å². The zero-order valence-electron chi connectivity index (χ0n) is 11.9. The van der Waals surface area contributed by atoms with E-state index >= 15 is 0 Å². The Morgan fingerprint density at radius 3 is 2.57 bits per heavy atom. The van der Waals surface area contributed by atoms with Gasteiger partial charge in [0, 0.05) is 6.54 Å². The molecule has 1 fully saturated rings. The highest BCUT2D eigenvalue weighted by Crippen LogP contribution is 2.19. The van der Waals surface area contributed by atoms with Gasteiger partial charge in [-0.25, -0.2) is 4.79 Å².